The summed E-state index contributed by atoms with van der Waals surface area (Å²) in [5, 5.41) is 6.23. The van der Waals surface area contributed by atoms with Crippen molar-refractivity contribution in [2.45, 2.75) is 39.9 Å². The molecule has 8 heteroatoms. The van der Waals surface area contributed by atoms with Crippen molar-refractivity contribution in [2.75, 3.05) is 26.2 Å². The van der Waals surface area contributed by atoms with E-state index < -0.39 is 29.4 Å². The molecule has 1 aromatic rings. The smallest absolute Gasteiger partial charge is 0.351 e. The number of likely N-dealkylation sites (N-methyl/N-ethyl adjacent to an activating group) is 1. The maximum atomic E-state index is 13.2. The maximum absolute atomic E-state index is 13.2. The lowest BCUT2D eigenvalue weighted by Gasteiger charge is -2.18. The van der Waals surface area contributed by atoms with Gasteiger partial charge in [0.05, 0.1) is 11.8 Å². The standard InChI is InChI=1S/C14H23F3N4O/c1-5-20(6-2)8-7-18-13(22)11-9-19-21(10(3)4)12(11)14(15,16)17/h9-10H,5-8H2,1-4H3,(H,18,22). The Labute approximate surface area is 128 Å². The van der Waals surface area contributed by atoms with Gasteiger partial charge >= 0.3 is 6.18 Å². The summed E-state index contributed by atoms with van der Waals surface area (Å²) < 4.78 is 40.4. The number of carbonyl (C=O) groups excluding carboxylic acids is 1. The van der Waals surface area contributed by atoms with Crippen molar-refractivity contribution in [1.29, 1.82) is 0 Å². The molecule has 0 fully saturated rings. The van der Waals surface area contributed by atoms with Crippen molar-refractivity contribution in [3.63, 3.8) is 0 Å². The van der Waals surface area contributed by atoms with E-state index in [-0.39, 0.29) is 0 Å². The van der Waals surface area contributed by atoms with Crippen molar-refractivity contribution < 1.29 is 18.0 Å². The van der Waals surface area contributed by atoms with Crippen LogP contribution in [-0.4, -0.2) is 46.8 Å². The van der Waals surface area contributed by atoms with Gasteiger partial charge in [-0.25, -0.2) is 0 Å². The van der Waals surface area contributed by atoms with E-state index in [0.717, 1.165) is 24.0 Å². The molecule has 22 heavy (non-hydrogen) atoms. The predicted octanol–water partition coefficient (Wildman–Crippen LogP) is 2.55. The van der Waals surface area contributed by atoms with E-state index in [4.69, 9.17) is 0 Å². The van der Waals surface area contributed by atoms with Crippen molar-refractivity contribution in [3.05, 3.63) is 17.5 Å². The molecule has 126 valence electrons. The Hall–Kier alpha value is -1.57. The molecule has 1 heterocycles. The van der Waals surface area contributed by atoms with Crippen LogP contribution in [0.15, 0.2) is 6.20 Å². The van der Waals surface area contributed by atoms with Gasteiger partial charge in [-0.15, -0.1) is 0 Å². The van der Waals surface area contributed by atoms with Crippen LogP contribution < -0.4 is 5.32 Å². The number of hydrogen-bond donors (Lipinski definition) is 1. The minimum Gasteiger partial charge on any atom is -0.351 e. The van der Waals surface area contributed by atoms with Gasteiger partial charge < -0.3 is 10.2 Å². The SMILES string of the molecule is CCN(CC)CCNC(=O)c1cnn(C(C)C)c1C(F)(F)F. The number of hydrogen-bond acceptors (Lipinski definition) is 3. The molecule has 0 spiro atoms. The Bertz CT molecular complexity index is 493. The molecule has 0 atom stereocenters. The summed E-state index contributed by atoms with van der Waals surface area (Å²) in [4.78, 5) is 14.1. The summed E-state index contributed by atoms with van der Waals surface area (Å²) in [6.45, 7) is 9.69. The average Bonchev–Trinajstić information content (AvgIpc) is 2.88. The summed E-state index contributed by atoms with van der Waals surface area (Å²) >= 11 is 0. The van der Waals surface area contributed by atoms with E-state index in [1.165, 1.54) is 0 Å². The zero-order chi connectivity index (χ0) is 16.9. The lowest BCUT2D eigenvalue weighted by atomic mass is 10.2. The van der Waals surface area contributed by atoms with Crippen LogP contribution in [0, 0.1) is 0 Å². The normalized spacial score (nSPS) is 12.2. The van der Waals surface area contributed by atoms with Crippen LogP contribution in [0.4, 0.5) is 13.2 Å². The van der Waals surface area contributed by atoms with Crippen LogP contribution in [-0.2, 0) is 6.18 Å². The molecule has 0 saturated carbocycles. The van der Waals surface area contributed by atoms with Crippen LogP contribution in [0.5, 0.6) is 0 Å². The number of carbonyl (C=O) groups is 1. The second kappa shape index (κ2) is 7.62. The minimum absolute atomic E-state index is 0.296. The van der Waals surface area contributed by atoms with E-state index >= 15 is 0 Å². The molecule has 0 saturated heterocycles. The molecular formula is C14H23F3N4O. The number of alkyl halides is 3. The highest BCUT2D eigenvalue weighted by Gasteiger charge is 2.40. The zero-order valence-electron chi connectivity index (χ0n) is 13.4. The second-order valence-corrected chi connectivity index (χ2v) is 5.23. The fourth-order valence-corrected chi connectivity index (χ4v) is 2.17. The van der Waals surface area contributed by atoms with Gasteiger partial charge in [0.1, 0.15) is 0 Å². The third-order valence-corrected chi connectivity index (χ3v) is 3.41. The van der Waals surface area contributed by atoms with Gasteiger partial charge in [0.15, 0.2) is 5.69 Å². The third kappa shape index (κ3) is 4.46. The molecule has 1 N–H and O–H groups in total. The highest BCUT2D eigenvalue weighted by Crippen LogP contribution is 2.33. The largest absolute Gasteiger partial charge is 0.433 e. The number of nitrogens with one attached hydrogen (secondary N) is 1. The monoisotopic (exact) mass is 320 g/mol. The molecule has 1 rings (SSSR count). The average molecular weight is 320 g/mol. The fourth-order valence-electron chi connectivity index (χ4n) is 2.17. The predicted molar refractivity (Wildman–Crippen MR) is 77.7 cm³/mol. The van der Waals surface area contributed by atoms with Gasteiger partial charge in [-0.3, -0.25) is 9.48 Å². The van der Waals surface area contributed by atoms with Gasteiger partial charge in [-0.2, -0.15) is 18.3 Å². The molecule has 0 unspecified atom stereocenters. The number of halogens is 3. The molecular weight excluding hydrogens is 297 g/mol. The quantitative estimate of drug-likeness (QED) is 0.840. The van der Waals surface area contributed by atoms with Crippen LogP contribution >= 0.6 is 0 Å². The highest BCUT2D eigenvalue weighted by atomic mass is 19.4. The fraction of sp³-hybridized carbons (Fsp3) is 0.714. The number of rotatable bonds is 7. The summed E-state index contributed by atoms with van der Waals surface area (Å²) in [5.41, 5.74) is -1.43. The molecule has 0 radical (unpaired) electrons. The first-order valence-electron chi connectivity index (χ1n) is 7.37. The van der Waals surface area contributed by atoms with Crippen molar-refractivity contribution in [2.24, 2.45) is 0 Å². The maximum Gasteiger partial charge on any atom is 0.433 e. The first-order valence-corrected chi connectivity index (χ1v) is 7.37. The summed E-state index contributed by atoms with van der Waals surface area (Å²) in [6.07, 6.45) is -3.64. The van der Waals surface area contributed by atoms with Gasteiger partial charge in [-0.05, 0) is 26.9 Å². The van der Waals surface area contributed by atoms with E-state index in [1.807, 2.05) is 13.8 Å². The van der Waals surface area contributed by atoms with Crippen LogP contribution in [0.3, 0.4) is 0 Å². The minimum atomic E-state index is -4.62. The summed E-state index contributed by atoms with van der Waals surface area (Å²) in [5.74, 6) is -0.744. The molecule has 1 aromatic heterocycles. The number of aromatic nitrogens is 2. The Morgan fingerprint density at radius 3 is 2.41 bits per heavy atom. The number of nitrogens with zero attached hydrogens (tertiary/aromatic N) is 3. The van der Waals surface area contributed by atoms with Gasteiger partial charge in [0.25, 0.3) is 5.91 Å². The van der Waals surface area contributed by atoms with E-state index in [0.29, 0.717) is 13.1 Å². The zero-order valence-corrected chi connectivity index (χ0v) is 13.4. The molecule has 5 nitrogen and oxygen atoms in total. The lowest BCUT2D eigenvalue weighted by Crippen LogP contribution is -2.35. The van der Waals surface area contributed by atoms with Gasteiger partial charge in [0, 0.05) is 19.1 Å². The third-order valence-electron chi connectivity index (χ3n) is 3.41. The summed E-state index contributed by atoms with van der Waals surface area (Å²) in [7, 11) is 0. The number of amides is 1. The van der Waals surface area contributed by atoms with Crippen LogP contribution in [0.25, 0.3) is 0 Å². The van der Waals surface area contributed by atoms with Crippen LogP contribution in [0.1, 0.15) is 49.8 Å². The molecule has 0 aliphatic rings. The summed E-state index contributed by atoms with van der Waals surface area (Å²) in [6, 6.07) is -0.478. The van der Waals surface area contributed by atoms with Gasteiger partial charge in [-0.1, -0.05) is 13.8 Å². The second-order valence-electron chi connectivity index (χ2n) is 5.23. The molecule has 0 aliphatic carbocycles. The molecule has 0 aliphatic heterocycles. The van der Waals surface area contributed by atoms with E-state index in [1.54, 1.807) is 13.8 Å². The Kier molecular flexibility index (Phi) is 6.40. The van der Waals surface area contributed by atoms with Crippen LogP contribution in [0.2, 0.25) is 0 Å². The van der Waals surface area contributed by atoms with Gasteiger partial charge in [0.2, 0.25) is 0 Å². The first-order chi connectivity index (χ1) is 10.2. The Morgan fingerprint density at radius 2 is 1.95 bits per heavy atom. The molecule has 1 amide bonds. The molecule has 0 aromatic carbocycles. The van der Waals surface area contributed by atoms with Crippen molar-refractivity contribution in [1.82, 2.24) is 20.0 Å². The van der Waals surface area contributed by atoms with Crippen molar-refractivity contribution in [3.8, 4) is 0 Å². The van der Waals surface area contributed by atoms with E-state index in [9.17, 15) is 18.0 Å². The highest BCUT2D eigenvalue weighted by molar-refractivity contribution is 5.95. The first kappa shape index (κ1) is 18.5. The lowest BCUT2D eigenvalue weighted by molar-refractivity contribution is -0.145. The Balaban J connectivity index is 2.86. The van der Waals surface area contributed by atoms with Crippen molar-refractivity contribution >= 4 is 5.91 Å². The molecule has 0 bridgehead atoms. The van der Waals surface area contributed by atoms with E-state index in [2.05, 4.69) is 15.3 Å². The Morgan fingerprint density at radius 1 is 1.36 bits per heavy atom. The topological polar surface area (TPSA) is 50.2 Å².